The first-order valence-electron chi connectivity index (χ1n) is 9.02. The van der Waals surface area contributed by atoms with Gasteiger partial charge >= 0.3 is 0 Å². The molecule has 160 valence electrons. The van der Waals surface area contributed by atoms with Crippen LogP contribution >= 0.6 is 0 Å². The summed E-state index contributed by atoms with van der Waals surface area (Å²) in [6, 6.07) is 17.1. The van der Waals surface area contributed by atoms with E-state index >= 15 is 0 Å². The number of hydrogen-bond donors (Lipinski definition) is 1. The summed E-state index contributed by atoms with van der Waals surface area (Å²) in [6.45, 7) is 0. The van der Waals surface area contributed by atoms with E-state index in [4.69, 9.17) is 0 Å². The van der Waals surface area contributed by atoms with Crippen molar-refractivity contribution in [3.8, 4) is 0 Å². The summed E-state index contributed by atoms with van der Waals surface area (Å²) in [7, 11) is 0. The van der Waals surface area contributed by atoms with Crippen molar-refractivity contribution in [1.29, 1.82) is 0 Å². The molecule has 0 aliphatic carbocycles. The van der Waals surface area contributed by atoms with Crippen LogP contribution in [0.1, 0.15) is 5.56 Å². The highest BCUT2D eigenvalue weighted by Crippen LogP contribution is 2.29. The van der Waals surface area contributed by atoms with Crippen molar-refractivity contribution in [3.05, 3.63) is 109 Å². The third-order valence-corrected chi connectivity index (χ3v) is 4.54. The molecule has 3 aromatic rings. The third-order valence-electron chi connectivity index (χ3n) is 4.54. The average molecular weight is 435 g/mol. The van der Waals surface area contributed by atoms with Gasteiger partial charge in [-0.05, 0) is 36.4 Å². The Morgan fingerprint density at radius 1 is 0.625 bits per heavy atom. The molecule has 0 saturated carbocycles. The van der Waals surface area contributed by atoms with Gasteiger partial charge in [-0.1, -0.05) is 0 Å². The summed E-state index contributed by atoms with van der Waals surface area (Å²) in [6.07, 6.45) is 0. The molecule has 1 aliphatic rings. The van der Waals surface area contributed by atoms with Crippen LogP contribution in [0.15, 0.2) is 77.9 Å². The Labute approximate surface area is 179 Å². The number of amidine groups is 1. The van der Waals surface area contributed by atoms with Crippen molar-refractivity contribution >= 4 is 34.3 Å². The number of nitrogens with one attached hydrogen (secondary N) is 1. The number of anilines is 2. The molecule has 0 saturated heterocycles. The zero-order chi connectivity index (χ0) is 22.8. The Morgan fingerprint density at radius 2 is 1.03 bits per heavy atom. The molecule has 4 rings (SSSR count). The number of nitrogens with zero attached hydrogens (tertiary/aromatic N) is 6. The van der Waals surface area contributed by atoms with Crippen LogP contribution in [0.3, 0.4) is 0 Å². The van der Waals surface area contributed by atoms with Crippen molar-refractivity contribution in [3.63, 3.8) is 0 Å². The molecule has 0 fully saturated rings. The van der Waals surface area contributed by atoms with Crippen molar-refractivity contribution in [2.75, 3.05) is 10.2 Å². The third kappa shape index (κ3) is 3.85. The molecule has 13 nitrogen and oxygen atoms in total. The van der Waals surface area contributed by atoms with Crippen molar-refractivity contribution in [2.45, 2.75) is 0 Å². The number of hydrogen-bond acceptors (Lipinski definition) is 10. The molecule has 0 aromatic heterocycles. The van der Waals surface area contributed by atoms with E-state index in [0.29, 0.717) is 22.8 Å². The molecular formula is C19H13N7O6. The summed E-state index contributed by atoms with van der Waals surface area (Å²) in [4.78, 5) is 31.3. The van der Waals surface area contributed by atoms with E-state index in [9.17, 15) is 30.3 Å². The smallest absolute Gasteiger partial charge is 0.259 e. The lowest BCUT2D eigenvalue weighted by atomic mass is 10.2. The molecule has 0 atom stereocenters. The lowest BCUT2D eigenvalue weighted by molar-refractivity contribution is -0.385. The summed E-state index contributed by atoms with van der Waals surface area (Å²) in [5, 5.41) is 40.2. The van der Waals surface area contributed by atoms with E-state index < -0.39 is 14.8 Å². The lowest BCUT2D eigenvalue weighted by Crippen LogP contribution is -2.44. The maximum Gasteiger partial charge on any atom is 0.269 e. The second-order valence-electron chi connectivity index (χ2n) is 6.51. The number of rotatable bonds is 6. The molecule has 1 aliphatic heterocycles. The minimum atomic E-state index is -0.522. The fourth-order valence-corrected chi connectivity index (χ4v) is 2.94. The van der Waals surface area contributed by atoms with Gasteiger partial charge < -0.3 is 0 Å². The monoisotopic (exact) mass is 435 g/mol. The van der Waals surface area contributed by atoms with Crippen molar-refractivity contribution < 1.29 is 14.8 Å². The molecule has 0 radical (unpaired) electrons. The molecule has 3 aromatic carbocycles. The minimum absolute atomic E-state index is 0.0770. The van der Waals surface area contributed by atoms with Gasteiger partial charge in [0.2, 0.25) is 0 Å². The highest BCUT2D eigenvalue weighted by Gasteiger charge is 2.27. The predicted octanol–water partition coefficient (Wildman–Crippen LogP) is 3.52. The van der Waals surface area contributed by atoms with Crippen LogP contribution in [-0.4, -0.2) is 20.6 Å². The van der Waals surface area contributed by atoms with Crippen LogP contribution in [0.4, 0.5) is 28.4 Å². The second kappa shape index (κ2) is 7.98. The molecule has 1 heterocycles. The van der Waals surface area contributed by atoms with Gasteiger partial charge in [0.15, 0.2) is 5.84 Å². The second-order valence-corrected chi connectivity index (χ2v) is 6.51. The molecule has 1 N–H and O–H groups in total. The van der Waals surface area contributed by atoms with Crippen LogP contribution < -0.4 is 15.7 Å². The number of hydrazine groups is 2. The van der Waals surface area contributed by atoms with Gasteiger partial charge in [-0.15, -0.1) is 5.10 Å². The van der Waals surface area contributed by atoms with Gasteiger partial charge in [-0.3, -0.25) is 35.8 Å². The number of non-ortho nitro benzene ring substituents is 3. The van der Waals surface area contributed by atoms with Crippen LogP contribution in [0.25, 0.3) is 0 Å². The molecule has 0 spiro atoms. The first-order valence-corrected chi connectivity index (χ1v) is 9.02. The van der Waals surface area contributed by atoms with E-state index in [1.807, 2.05) is 0 Å². The molecule has 0 bridgehead atoms. The maximum atomic E-state index is 11.0. The fraction of sp³-hybridized carbons (Fsp3) is 0. The fourth-order valence-electron chi connectivity index (χ4n) is 2.94. The van der Waals surface area contributed by atoms with Gasteiger partial charge in [-0.25, -0.2) is 0 Å². The van der Waals surface area contributed by atoms with E-state index in [1.54, 1.807) is 0 Å². The van der Waals surface area contributed by atoms with Crippen LogP contribution in [0.2, 0.25) is 0 Å². The number of hydrazone groups is 1. The van der Waals surface area contributed by atoms with E-state index in [1.165, 1.54) is 83.0 Å². The van der Waals surface area contributed by atoms with E-state index in [2.05, 4.69) is 10.5 Å². The summed E-state index contributed by atoms with van der Waals surface area (Å²) >= 11 is 0. The Morgan fingerprint density at radius 3 is 1.47 bits per heavy atom. The molecular weight excluding hydrogens is 422 g/mol. The average Bonchev–Trinajstić information content (AvgIpc) is 3.24. The van der Waals surface area contributed by atoms with Gasteiger partial charge in [-0.2, -0.15) is 10.2 Å². The zero-order valence-electron chi connectivity index (χ0n) is 16.1. The van der Waals surface area contributed by atoms with Crippen LogP contribution in [-0.2, 0) is 0 Å². The van der Waals surface area contributed by atoms with Crippen LogP contribution in [0, 0.1) is 30.3 Å². The standard InChI is InChI=1S/C19H13N7O6/c27-24(28)16-3-1-13(2-4-16)19-20-22(14-5-9-17(10-6-14)25(29)30)23(21-19)15-7-11-18(12-8-15)26(31)32/h1-12H,(H,20,21). The molecule has 32 heavy (non-hydrogen) atoms. The topological polar surface area (TPSA) is 160 Å². The predicted molar refractivity (Wildman–Crippen MR) is 114 cm³/mol. The Bertz CT molecular complexity index is 1230. The highest BCUT2D eigenvalue weighted by atomic mass is 16.6. The Kier molecular flexibility index (Phi) is 5.04. The van der Waals surface area contributed by atoms with Crippen molar-refractivity contribution in [1.82, 2.24) is 5.43 Å². The number of benzene rings is 3. The number of nitro benzene ring substituents is 3. The van der Waals surface area contributed by atoms with E-state index in [-0.39, 0.29) is 17.1 Å². The largest absolute Gasteiger partial charge is 0.269 e. The first-order chi connectivity index (χ1) is 15.3. The van der Waals surface area contributed by atoms with Crippen molar-refractivity contribution in [2.24, 2.45) is 5.10 Å². The summed E-state index contributed by atoms with van der Waals surface area (Å²) in [5.74, 6) is 0.344. The first kappa shape index (κ1) is 20.2. The lowest BCUT2D eigenvalue weighted by Gasteiger charge is -2.27. The Hall–Kier alpha value is -5.07. The van der Waals surface area contributed by atoms with Gasteiger partial charge in [0.05, 0.1) is 26.1 Å². The minimum Gasteiger partial charge on any atom is -0.259 e. The zero-order valence-corrected chi connectivity index (χ0v) is 16.1. The molecule has 0 unspecified atom stereocenters. The quantitative estimate of drug-likeness (QED) is 0.451. The highest BCUT2D eigenvalue weighted by molar-refractivity contribution is 6.02. The molecule has 13 heteroatoms. The van der Waals surface area contributed by atoms with Gasteiger partial charge in [0, 0.05) is 42.0 Å². The summed E-state index contributed by atoms with van der Waals surface area (Å²) < 4.78 is 0. The van der Waals surface area contributed by atoms with Gasteiger partial charge in [0.1, 0.15) is 0 Å². The Balaban J connectivity index is 1.71. The van der Waals surface area contributed by atoms with Gasteiger partial charge in [0.25, 0.3) is 17.1 Å². The normalized spacial score (nSPS) is 12.8. The van der Waals surface area contributed by atoms with E-state index in [0.717, 1.165) is 0 Å². The summed E-state index contributed by atoms with van der Waals surface area (Å²) in [5.41, 5.74) is 4.29. The molecule has 0 amide bonds. The SMILES string of the molecule is O=[N+]([O-])c1ccc(C2=NN(c3ccc([N+](=O)[O-])cc3)N(c3ccc([N+](=O)[O-])cc3)N2)cc1. The van der Waals surface area contributed by atoms with Crippen LogP contribution in [0.5, 0.6) is 0 Å². The number of nitro groups is 3. The maximum absolute atomic E-state index is 11.0.